The summed E-state index contributed by atoms with van der Waals surface area (Å²) in [6.07, 6.45) is 0. The molecule has 3 aromatic carbocycles. The van der Waals surface area contributed by atoms with Gasteiger partial charge in [-0.05, 0) is 41.0 Å². The van der Waals surface area contributed by atoms with Crippen LogP contribution in [0.5, 0.6) is 5.75 Å². The minimum absolute atomic E-state index is 0.574. The maximum Gasteiger partial charge on any atom is 0.119 e. The van der Waals surface area contributed by atoms with Crippen molar-refractivity contribution in [3.05, 3.63) is 100 Å². The molecule has 0 bridgehead atoms. The predicted molar refractivity (Wildman–Crippen MR) is 102 cm³/mol. The van der Waals surface area contributed by atoms with E-state index in [9.17, 15) is 0 Å². The number of nitrogens with one attached hydrogen (secondary N) is 1. The third-order valence-electron chi connectivity index (χ3n) is 3.72. The summed E-state index contributed by atoms with van der Waals surface area (Å²) >= 11 is 3.48. The quantitative estimate of drug-likeness (QED) is 0.597. The van der Waals surface area contributed by atoms with Gasteiger partial charge in [-0.2, -0.15) is 0 Å². The van der Waals surface area contributed by atoms with Gasteiger partial charge in [0.15, 0.2) is 0 Å². The number of rotatable bonds is 7. The first-order valence-corrected chi connectivity index (χ1v) is 8.80. The largest absolute Gasteiger partial charge is 0.489 e. The molecule has 0 fully saturated rings. The van der Waals surface area contributed by atoms with Gasteiger partial charge < -0.3 is 10.1 Å². The normalized spacial score (nSPS) is 10.5. The summed E-state index contributed by atoms with van der Waals surface area (Å²) in [6, 6.07) is 26.9. The van der Waals surface area contributed by atoms with E-state index in [1.165, 1.54) is 11.1 Å². The minimum Gasteiger partial charge on any atom is -0.489 e. The van der Waals surface area contributed by atoms with Crippen LogP contribution in [0.25, 0.3) is 0 Å². The first kappa shape index (κ1) is 16.7. The number of halogens is 1. The summed E-state index contributed by atoms with van der Waals surface area (Å²) in [6.45, 7) is 2.30. The van der Waals surface area contributed by atoms with Gasteiger partial charge in [-0.25, -0.2) is 0 Å². The van der Waals surface area contributed by atoms with Crippen LogP contribution in [0.15, 0.2) is 83.3 Å². The van der Waals surface area contributed by atoms with Crippen LogP contribution in [-0.2, 0) is 19.7 Å². The van der Waals surface area contributed by atoms with Crippen LogP contribution in [0.4, 0.5) is 0 Å². The van der Waals surface area contributed by atoms with Crippen molar-refractivity contribution in [1.29, 1.82) is 0 Å². The van der Waals surface area contributed by atoms with Gasteiger partial charge in [0.25, 0.3) is 0 Å². The standard InChI is InChI=1S/C21H20BrNO/c22-20-8-4-7-19(13-20)16-24-21-11-9-18(10-12-21)15-23-14-17-5-2-1-3-6-17/h1-13,23H,14-16H2. The maximum absolute atomic E-state index is 5.83. The topological polar surface area (TPSA) is 21.3 Å². The molecule has 3 aromatic rings. The lowest BCUT2D eigenvalue weighted by Gasteiger charge is -2.09. The number of hydrogen-bond donors (Lipinski definition) is 1. The lowest BCUT2D eigenvalue weighted by Crippen LogP contribution is -2.12. The van der Waals surface area contributed by atoms with Crippen molar-refractivity contribution in [2.45, 2.75) is 19.7 Å². The van der Waals surface area contributed by atoms with E-state index in [0.717, 1.165) is 28.9 Å². The molecule has 3 rings (SSSR count). The second-order valence-electron chi connectivity index (χ2n) is 5.65. The second-order valence-corrected chi connectivity index (χ2v) is 6.57. The van der Waals surface area contributed by atoms with E-state index in [2.05, 4.69) is 69.8 Å². The van der Waals surface area contributed by atoms with Gasteiger partial charge in [-0.15, -0.1) is 0 Å². The van der Waals surface area contributed by atoms with Gasteiger partial charge in [-0.3, -0.25) is 0 Å². The molecule has 0 radical (unpaired) electrons. The summed E-state index contributed by atoms with van der Waals surface area (Å²) in [5.41, 5.74) is 3.70. The summed E-state index contributed by atoms with van der Waals surface area (Å²) in [4.78, 5) is 0. The maximum atomic E-state index is 5.83. The first-order chi connectivity index (χ1) is 11.8. The molecule has 0 saturated carbocycles. The Labute approximate surface area is 151 Å². The molecule has 0 spiro atoms. The average molecular weight is 382 g/mol. The number of benzene rings is 3. The monoisotopic (exact) mass is 381 g/mol. The Bertz CT molecular complexity index is 756. The molecule has 0 amide bonds. The Hall–Kier alpha value is -2.10. The van der Waals surface area contributed by atoms with Gasteiger partial charge in [0.2, 0.25) is 0 Å². The van der Waals surface area contributed by atoms with Crippen molar-refractivity contribution < 1.29 is 4.74 Å². The lowest BCUT2D eigenvalue weighted by molar-refractivity contribution is 0.306. The fourth-order valence-corrected chi connectivity index (χ4v) is 2.89. The van der Waals surface area contributed by atoms with Gasteiger partial charge >= 0.3 is 0 Å². The highest BCUT2D eigenvalue weighted by molar-refractivity contribution is 9.10. The van der Waals surface area contributed by atoms with E-state index in [1.54, 1.807) is 0 Å². The highest BCUT2D eigenvalue weighted by Crippen LogP contribution is 2.16. The Morgan fingerprint density at radius 2 is 1.38 bits per heavy atom. The van der Waals surface area contributed by atoms with Crippen LogP contribution >= 0.6 is 15.9 Å². The summed E-state index contributed by atoms with van der Waals surface area (Å²) in [5.74, 6) is 0.891. The highest BCUT2D eigenvalue weighted by Gasteiger charge is 1.99. The average Bonchev–Trinajstić information content (AvgIpc) is 2.62. The van der Waals surface area contributed by atoms with Crippen molar-refractivity contribution >= 4 is 15.9 Å². The minimum atomic E-state index is 0.574. The van der Waals surface area contributed by atoms with E-state index >= 15 is 0 Å². The van der Waals surface area contributed by atoms with Crippen molar-refractivity contribution in [1.82, 2.24) is 5.32 Å². The van der Waals surface area contributed by atoms with Gasteiger partial charge in [0.1, 0.15) is 12.4 Å². The van der Waals surface area contributed by atoms with Gasteiger partial charge in [0, 0.05) is 17.6 Å². The summed E-state index contributed by atoms with van der Waals surface area (Å²) in [5, 5.41) is 3.46. The van der Waals surface area contributed by atoms with Crippen molar-refractivity contribution in [2.75, 3.05) is 0 Å². The molecular formula is C21H20BrNO. The zero-order chi connectivity index (χ0) is 16.6. The van der Waals surface area contributed by atoms with Crippen molar-refractivity contribution in [3.63, 3.8) is 0 Å². The van der Waals surface area contributed by atoms with E-state index in [1.807, 2.05) is 30.3 Å². The zero-order valence-corrected chi connectivity index (χ0v) is 15.0. The van der Waals surface area contributed by atoms with E-state index < -0.39 is 0 Å². The summed E-state index contributed by atoms with van der Waals surface area (Å²) < 4.78 is 6.91. The third-order valence-corrected chi connectivity index (χ3v) is 4.21. The molecule has 0 aromatic heterocycles. The molecule has 3 heteroatoms. The molecule has 0 aliphatic rings. The fourth-order valence-electron chi connectivity index (χ4n) is 2.44. The molecule has 24 heavy (non-hydrogen) atoms. The Kier molecular flexibility index (Phi) is 6.05. The van der Waals surface area contributed by atoms with Crippen molar-refractivity contribution in [2.24, 2.45) is 0 Å². The lowest BCUT2D eigenvalue weighted by atomic mass is 10.2. The second kappa shape index (κ2) is 8.67. The Morgan fingerprint density at radius 1 is 0.708 bits per heavy atom. The van der Waals surface area contributed by atoms with E-state index in [4.69, 9.17) is 4.74 Å². The smallest absolute Gasteiger partial charge is 0.119 e. The van der Waals surface area contributed by atoms with Gasteiger partial charge in [0.05, 0.1) is 0 Å². The van der Waals surface area contributed by atoms with Crippen LogP contribution < -0.4 is 10.1 Å². The van der Waals surface area contributed by atoms with Crippen LogP contribution in [0.2, 0.25) is 0 Å². The van der Waals surface area contributed by atoms with Crippen LogP contribution in [0.1, 0.15) is 16.7 Å². The van der Waals surface area contributed by atoms with Crippen molar-refractivity contribution in [3.8, 4) is 5.75 Å². The van der Waals surface area contributed by atoms with Crippen LogP contribution in [0, 0.1) is 0 Å². The van der Waals surface area contributed by atoms with Crippen LogP contribution in [0.3, 0.4) is 0 Å². The molecule has 0 heterocycles. The number of ether oxygens (including phenoxy) is 1. The SMILES string of the molecule is Brc1cccc(COc2ccc(CNCc3ccccc3)cc2)c1. The predicted octanol–water partition coefficient (Wildman–Crippen LogP) is 5.32. The molecule has 0 aliphatic carbocycles. The zero-order valence-electron chi connectivity index (χ0n) is 13.4. The molecule has 122 valence electrons. The highest BCUT2D eigenvalue weighted by atomic mass is 79.9. The number of hydrogen-bond acceptors (Lipinski definition) is 2. The molecule has 1 N–H and O–H groups in total. The fraction of sp³-hybridized carbons (Fsp3) is 0.143. The Morgan fingerprint density at radius 3 is 2.08 bits per heavy atom. The van der Waals surface area contributed by atoms with Crippen LogP contribution in [-0.4, -0.2) is 0 Å². The molecular weight excluding hydrogens is 362 g/mol. The first-order valence-electron chi connectivity index (χ1n) is 8.00. The molecule has 0 saturated heterocycles. The Balaban J connectivity index is 1.46. The molecule has 0 unspecified atom stereocenters. The van der Waals surface area contributed by atoms with Gasteiger partial charge in [-0.1, -0.05) is 70.5 Å². The molecule has 2 nitrogen and oxygen atoms in total. The molecule has 0 atom stereocenters. The molecule has 0 aliphatic heterocycles. The van der Waals surface area contributed by atoms with E-state index in [0.29, 0.717) is 6.61 Å². The third kappa shape index (κ3) is 5.22. The van der Waals surface area contributed by atoms with E-state index in [-0.39, 0.29) is 0 Å². The summed E-state index contributed by atoms with van der Waals surface area (Å²) in [7, 11) is 0.